The van der Waals surface area contributed by atoms with Gasteiger partial charge in [-0.05, 0) is 32.3 Å². The molecule has 0 bridgehead atoms. The van der Waals surface area contributed by atoms with Crippen LogP contribution in [-0.4, -0.2) is 36.7 Å². The Labute approximate surface area is 115 Å². The van der Waals surface area contributed by atoms with Gasteiger partial charge in [-0.3, -0.25) is 4.90 Å². The number of hydrogen-bond donors (Lipinski definition) is 1. The van der Waals surface area contributed by atoms with E-state index in [0.717, 1.165) is 24.4 Å². The first kappa shape index (κ1) is 12.9. The molecule has 104 valence electrons. The maximum atomic E-state index is 5.40. The van der Waals surface area contributed by atoms with E-state index in [1.165, 1.54) is 31.4 Å². The van der Waals surface area contributed by atoms with Gasteiger partial charge in [0.1, 0.15) is 5.75 Å². The Bertz CT molecular complexity index is 431. The molecule has 1 aliphatic carbocycles. The van der Waals surface area contributed by atoms with Gasteiger partial charge in [-0.25, -0.2) is 0 Å². The van der Waals surface area contributed by atoms with E-state index in [0.29, 0.717) is 6.04 Å². The van der Waals surface area contributed by atoms with Crippen LogP contribution in [0.4, 0.5) is 0 Å². The fraction of sp³-hybridized carbons (Fsp3) is 0.625. The van der Waals surface area contributed by atoms with Crippen LogP contribution in [0.15, 0.2) is 24.3 Å². The minimum atomic E-state index is 0.625. The van der Waals surface area contributed by atoms with Gasteiger partial charge >= 0.3 is 0 Å². The summed E-state index contributed by atoms with van der Waals surface area (Å²) in [6.07, 6.45) is 4.08. The molecule has 2 atom stereocenters. The Kier molecular flexibility index (Phi) is 3.76. The van der Waals surface area contributed by atoms with Crippen LogP contribution in [0.1, 0.15) is 31.7 Å². The molecule has 1 N–H and O–H groups in total. The van der Waals surface area contributed by atoms with Gasteiger partial charge in [-0.1, -0.05) is 18.2 Å². The SMILES string of the molecule is COc1ccccc1CN[C@H]1C[C@@H](C)N(C2CC2)C1. The van der Waals surface area contributed by atoms with E-state index in [-0.39, 0.29) is 0 Å². The van der Waals surface area contributed by atoms with Crippen molar-refractivity contribution < 1.29 is 4.74 Å². The number of benzene rings is 1. The fourth-order valence-electron chi connectivity index (χ4n) is 3.22. The Morgan fingerprint density at radius 1 is 1.32 bits per heavy atom. The number of nitrogens with zero attached hydrogens (tertiary/aromatic N) is 1. The van der Waals surface area contributed by atoms with Crippen molar-refractivity contribution in [1.29, 1.82) is 0 Å². The molecule has 1 aromatic rings. The predicted molar refractivity (Wildman–Crippen MR) is 77.4 cm³/mol. The molecule has 3 nitrogen and oxygen atoms in total. The van der Waals surface area contributed by atoms with Gasteiger partial charge in [-0.15, -0.1) is 0 Å². The monoisotopic (exact) mass is 260 g/mol. The first-order chi connectivity index (χ1) is 9.28. The summed E-state index contributed by atoms with van der Waals surface area (Å²) in [7, 11) is 1.74. The largest absolute Gasteiger partial charge is 0.496 e. The highest BCUT2D eigenvalue weighted by atomic mass is 16.5. The first-order valence-corrected chi connectivity index (χ1v) is 7.39. The summed E-state index contributed by atoms with van der Waals surface area (Å²) in [4.78, 5) is 2.68. The molecule has 1 aliphatic heterocycles. The molecule has 3 rings (SSSR count). The molecule has 0 aromatic heterocycles. The van der Waals surface area contributed by atoms with E-state index in [1.54, 1.807) is 7.11 Å². The van der Waals surface area contributed by atoms with E-state index in [1.807, 2.05) is 12.1 Å². The molecule has 3 heteroatoms. The second-order valence-corrected chi connectivity index (χ2v) is 5.90. The summed E-state index contributed by atoms with van der Waals surface area (Å²) in [5.41, 5.74) is 1.25. The highest BCUT2D eigenvalue weighted by Crippen LogP contribution is 2.33. The van der Waals surface area contributed by atoms with E-state index in [4.69, 9.17) is 4.74 Å². The number of likely N-dealkylation sites (tertiary alicyclic amines) is 1. The molecule has 1 saturated heterocycles. The Morgan fingerprint density at radius 3 is 2.84 bits per heavy atom. The minimum Gasteiger partial charge on any atom is -0.496 e. The Hall–Kier alpha value is -1.06. The van der Waals surface area contributed by atoms with E-state index in [2.05, 4.69) is 29.3 Å². The molecule has 19 heavy (non-hydrogen) atoms. The molecule has 1 aromatic carbocycles. The molecular weight excluding hydrogens is 236 g/mol. The van der Waals surface area contributed by atoms with Crippen LogP contribution in [0.25, 0.3) is 0 Å². The number of rotatable bonds is 5. The van der Waals surface area contributed by atoms with Gasteiger partial charge in [0.05, 0.1) is 7.11 Å². The van der Waals surface area contributed by atoms with Gasteiger partial charge < -0.3 is 10.1 Å². The molecule has 0 radical (unpaired) electrons. The summed E-state index contributed by atoms with van der Waals surface area (Å²) in [6.45, 7) is 4.48. The highest BCUT2D eigenvalue weighted by Gasteiger charge is 2.38. The third-order valence-corrected chi connectivity index (χ3v) is 4.41. The summed E-state index contributed by atoms with van der Waals surface area (Å²) >= 11 is 0. The maximum Gasteiger partial charge on any atom is 0.123 e. The summed E-state index contributed by atoms with van der Waals surface area (Å²) in [5.74, 6) is 0.986. The lowest BCUT2D eigenvalue weighted by Gasteiger charge is -2.20. The number of para-hydroxylation sites is 1. The smallest absolute Gasteiger partial charge is 0.123 e. The third kappa shape index (κ3) is 2.93. The second-order valence-electron chi connectivity index (χ2n) is 5.90. The average molecular weight is 260 g/mol. The van der Waals surface area contributed by atoms with E-state index in [9.17, 15) is 0 Å². The van der Waals surface area contributed by atoms with Crippen LogP contribution >= 0.6 is 0 Å². The van der Waals surface area contributed by atoms with Crippen LogP contribution in [0.3, 0.4) is 0 Å². The van der Waals surface area contributed by atoms with Crippen molar-refractivity contribution in [2.45, 2.75) is 50.9 Å². The first-order valence-electron chi connectivity index (χ1n) is 7.39. The van der Waals surface area contributed by atoms with Crippen molar-refractivity contribution in [1.82, 2.24) is 10.2 Å². The number of ether oxygens (including phenoxy) is 1. The van der Waals surface area contributed by atoms with E-state index >= 15 is 0 Å². The lowest BCUT2D eigenvalue weighted by molar-refractivity contribution is 0.255. The molecular formula is C16H24N2O. The standard InChI is InChI=1S/C16H24N2O/c1-12-9-14(11-18(12)15-7-8-15)17-10-13-5-3-4-6-16(13)19-2/h3-6,12,14-15,17H,7-11H2,1-2H3/t12-,14+/m1/s1. The van der Waals surface area contributed by atoms with Gasteiger partial charge in [0.25, 0.3) is 0 Å². The van der Waals surface area contributed by atoms with Crippen molar-refractivity contribution in [3.05, 3.63) is 29.8 Å². The van der Waals surface area contributed by atoms with Crippen LogP contribution in [-0.2, 0) is 6.54 Å². The van der Waals surface area contributed by atoms with Crippen molar-refractivity contribution in [3.8, 4) is 5.75 Å². The van der Waals surface area contributed by atoms with Gasteiger partial charge in [0.2, 0.25) is 0 Å². The molecule has 2 fully saturated rings. The van der Waals surface area contributed by atoms with E-state index < -0.39 is 0 Å². The lowest BCUT2D eigenvalue weighted by atomic mass is 10.1. The number of hydrogen-bond acceptors (Lipinski definition) is 3. The van der Waals surface area contributed by atoms with Crippen molar-refractivity contribution in [2.24, 2.45) is 0 Å². The molecule has 0 amide bonds. The highest BCUT2D eigenvalue weighted by molar-refractivity contribution is 5.33. The average Bonchev–Trinajstić information content (AvgIpc) is 3.21. The normalized spacial score (nSPS) is 27.7. The van der Waals surface area contributed by atoms with Gasteiger partial charge in [0.15, 0.2) is 0 Å². The van der Waals surface area contributed by atoms with Gasteiger partial charge in [0, 0.05) is 36.8 Å². The van der Waals surface area contributed by atoms with Crippen molar-refractivity contribution in [3.63, 3.8) is 0 Å². The van der Waals surface area contributed by atoms with Crippen molar-refractivity contribution in [2.75, 3.05) is 13.7 Å². The molecule has 1 heterocycles. The topological polar surface area (TPSA) is 24.5 Å². The maximum absolute atomic E-state index is 5.40. The zero-order chi connectivity index (χ0) is 13.2. The fourth-order valence-corrected chi connectivity index (χ4v) is 3.22. The quantitative estimate of drug-likeness (QED) is 0.880. The number of methoxy groups -OCH3 is 1. The summed E-state index contributed by atoms with van der Waals surface area (Å²) in [5, 5.41) is 3.69. The minimum absolute atomic E-state index is 0.625. The third-order valence-electron chi connectivity index (χ3n) is 4.41. The molecule has 0 unspecified atom stereocenters. The summed E-state index contributed by atoms with van der Waals surface area (Å²) in [6, 6.07) is 10.5. The Morgan fingerprint density at radius 2 is 2.11 bits per heavy atom. The predicted octanol–water partition coefficient (Wildman–Crippen LogP) is 2.41. The number of nitrogens with one attached hydrogen (secondary N) is 1. The second kappa shape index (κ2) is 5.51. The zero-order valence-corrected chi connectivity index (χ0v) is 11.9. The zero-order valence-electron chi connectivity index (χ0n) is 11.9. The molecule has 0 spiro atoms. The van der Waals surface area contributed by atoms with Crippen molar-refractivity contribution >= 4 is 0 Å². The van der Waals surface area contributed by atoms with Crippen LogP contribution in [0, 0.1) is 0 Å². The van der Waals surface area contributed by atoms with Crippen LogP contribution in [0.2, 0.25) is 0 Å². The lowest BCUT2D eigenvalue weighted by Crippen LogP contribution is -2.33. The van der Waals surface area contributed by atoms with Gasteiger partial charge in [-0.2, -0.15) is 0 Å². The van der Waals surface area contributed by atoms with Crippen LogP contribution in [0.5, 0.6) is 5.75 Å². The van der Waals surface area contributed by atoms with Crippen LogP contribution < -0.4 is 10.1 Å². The Balaban J connectivity index is 1.55. The molecule has 2 aliphatic rings. The summed E-state index contributed by atoms with van der Waals surface area (Å²) < 4.78 is 5.40. The molecule has 1 saturated carbocycles.